The highest BCUT2D eigenvalue weighted by molar-refractivity contribution is 7.07. The average Bonchev–Trinajstić information content (AvgIpc) is 3.21. The average molecular weight is 423 g/mol. The Bertz CT molecular complexity index is 994. The Morgan fingerprint density at radius 1 is 1.10 bits per heavy atom. The monoisotopic (exact) mass is 422 g/mol. The maximum atomic E-state index is 12.9. The minimum Gasteiger partial charge on any atom is -0.430 e. The predicted molar refractivity (Wildman–Crippen MR) is 118 cm³/mol. The third-order valence-corrected chi connectivity index (χ3v) is 5.96. The number of aromatic nitrogens is 2. The zero-order valence-corrected chi connectivity index (χ0v) is 18.2. The molecule has 156 valence electrons. The number of likely N-dealkylation sites (N-methyl/N-ethyl adjacent to an activating group) is 1. The molecule has 0 radical (unpaired) electrons. The first-order chi connectivity index (χ1) is 14.6. The molecule has 4 rings (SSSR count). The van der Waals surface area contributed by atoms with Gasteiger partial charge in [0.15, 0.2) is 5.82 Å². The normalized spacial score (nSPS) is 14.7. The van der Waals surface area contributed by atoms with Crippen molar-refractivity contribution in [1.29, 1.82) is 0 Å². The van der Waals surface area contributed by atoms with E-state index in [9.17, 15) is 4.79 Å². The summed E-state index contributed by atoms with van der Waals surface area (Å²) in [6.45, 7) is 8.62. The number of hydrogen-bond acceptors (Lipinski definition) is 6. The molecule has 0 unspecified atom stereocenters. The van der Waals surface area contributed by atoms with Crippen molar-refractivity contribution in [3.63, 3.8) is 0 Å². The predicted octanol–water partition coefficient (Wildman–Crippen LogP) is 4.01. The molecule has 7 heteroatoms. The van der Waals surface area contributed by atoms with Crippen LogP contribution in [0.25, 0.3) is 0 Å². The Labute approximate surface area is 181 Å². The van der Waals surface area contributed by atoms with Gasteiger partial charge in [0.1, 0.15) is 5.75 Å². The van der Waals surface area contributed by atoms with Gasteiger partial charge >= 0.3 is 0 Å². The van der Waals surface area contributed by atoms with E-state index in [-0.39, 0.29) is 5.91 Å². The fourth-order valence-electron chi connectivity index (χ4n) is 3.48. The molecule has 2 heterocycles. The number of ether oxygens (including phenoxy) is 1. The molecule has 3 aromatic rings. The van der Waals surface area contributed by atoms with E-state index in [1.807, 2.05) is 23.1 Å². The summed E-state index contributed by atoms with van der Waals surface area (Å²) >= 11 is 1.23. The summed E-state index contributed by atoms with van der Waals surface area (Å²) < 4.78 is 10.3. The van der Waals surface area contributed by atoms with Crippen molar-refractivity contribution in [1.82, 2.24) is 19.2 Å². The van der Waals surface area contributed by atoms with Gasteiger partial charge in [0.2, 0.25) is 0 Å². The van der Waals surface area contributed by atoms with E-state index in [4.69, 9.17) is 4.74 Å². The Morgan fingerprint density at radius 3 is 2.60 bits per heavy atom. The summed E-state index contributed by atoms with van der Waals surface area (Å²) in [4.78, 5) is 21.6. The summed E-state index contributed by atoms with van der Waals surface area (Å²) in [6, 6.07) is 15.7. The van der Waals surface area contributed by atoms with E-state index in [0.29, 0.717) is 22.9 Å². The number of hydrogen-bond donors (Lipinski definition) is 0. The van der Waals surface area contributed by atoms with Gasteiger partial charge in [0.05, 0.1) is 0 Å². The van der Waals surface area contributed by atoms with Crippen molar-refractivity contribution in [2.24, 2.45) is 0 Å². The number of carbonyl (C=O) groups excluding carboxylic acids is 1. The number of amides is 1. The highest BCUT2D eigenvalue weighted by Gasteiger charge is 2.21. The lowest BCUT2D eigenvalue weighted by Crippen LogP contribution is -2.48. The third-order valence-electron chi connectivity index (χ3n) is 5.33. The standard InChI is InChI=1S/C23H26N4O2S/c1-3-26-11-13-27(14-12-26)22(28)19-5-4-6-20(16-19)29-23-24-21(25-30-23)15-18-9-7-17(2)8-10-18/h4-10,16H,3,11-15H2,1-2H3. The van der Waals surface area contributed by atoms with Gasteiger partial charge in [-0.2, -0.15) is 9.36 Å². The van der Waals surface area contributed by atoms with Crippen molar-refractivity contribution in [2.75, 3.05) is 32.7 Å². The highest BCUT2D eigenvalue weighted by Crippen LogP contribution is 2.25. The van der Waals surface area contributed by atoms with Crippen molar-refractivity contribution in [2.45, 2.75) is 20.3 Å². The molecule has 0 aliphatic carbocycles. The van der Waals surface area contributed by atoms with Gasteiger partial charge in [-0.05, 0) is 37.2 Å². The van der Waals surface area contributed by atoms with Gasteiger partial charge in [-0.3, -0.25) is 4.79 Å². The first-order valence-corrected chi connectivity index (χ1v) is 11.1. The molecule has 0 bridgehead atoms. The maximum absolute atomic E-state index is 12.9. The van der Waals surface area contributed by atoms with Gasteiger partial charge in [0, 0.05) is 49.7 Å². The second-order valence-corrected chi connectivity index (χ2v) is 8.21. The molecule has 1 aliphatic rings. The van der Waals surface area contributed by atoms with Crippen LogP contribution in [0.4, 0.5) is 0 Å². The Kier molecular flexibility index (Phi) is 6.40. The molecule has 1 fully saturated rings. The van der Waals surface area contributed by atoms with Gasteiger partial charge in [-0.1, -0.05) is 42.8 Å². The van der Waals surface area contributed by atoms with Crippen molar-refractivity contribution in [3.8, 4) is 10.9 Å². The Hall–Kier alpha value is -2.77. The number of rotatable bonds is 6. The Balaban J connectivity index is 1.39. The summed E-state index contributed by atoms with van der Waals surface area (Å²) in [5.41, 5.74) is 3.04. The van der Waals surface area contributed by atoms with Crippen LogP contribution in [0.15, 0.2) is 48.5 Å². The topological polar surface area (TPSA) is 58.6 Å². The van der Waals surface area contributed by atoms with E-state index in [2.05, 4.69) is 52.4 Å². The van der Waals surface area contributed by atoms with Crippen LogP contribution in [-0.4, -0.2) is 57.8 Å². The summed E-state index contributed by atoms with van der Waals surface area (Å²) in [5.74, 6) is 1.39. The largest absolute Gasteiger partial charge is 0.430 e. The first-order valence-electron chi connectivity index (χ1n) is 10.3. The maximum Gasteiger partial charge on any atom is 0.298 e. The number of carbonyl (C=O) groups is 1. The van der Waals surface area contributed by atoms with Crippen LogP contribution in [0.2, 0.25) is 0 Å². The summed E-state index contributed by atoms with van der Waals surface area (Å²) in [6.07, 6.45) is 0.669. The minimum atomic E-state index is 0.0496. The van der Waals surface area contributed by atoms with E-state index in [1.54, 1.807) is 6.07 Å². The third kappa shape index (κ3) is 5.04. The molecular weight excluding hydrogens is 396 g/mol. The lowest BCUT2D eigenvalue weighted by molar-refractivity contribution is 0.0643. The van der Waals surface area contributed by atoms with Gasteiger partial charge in [-0.25, -0.2) is 0 Å². The molecule has 0 atom stereocenters. The van der Waals surface area contributed by atoms with Crippen LogP contribution >= 0.6 is 11.5 Å². The molecule has 30 heavy (non-hydrogen) atoms. The van der Waals surface area contributed by atoms with Crippen molar-refractivity contribution >= 4 is 17.4 Å². The first kappa shape index (κ1) is 20.5. The molecule has 6 nitrogen and oxygen atoms in total. The van der Waals surface area contributed by atoms with Crippen LogP contribution in [-0.2, 0) is 6.42 Å². The SMILES string of the molecule is CCN1CCN(C(=O)c2cccc(Oc3nc(Cc4ccc(C)cc4)ns3)c2)CC1. The Morgan fingerprint density at radius 2 is 1.87 bits per heavy atom. The number of piperazine rings is 1. The second kappa shape index (κ2) is 9.36. The van der Waals surface area contributed by atoms with E-state index in [1.165, 1.54) is 22.7 Å². The van der Waals surface area contributed by atoms with Crippen molar-refractivity contribution in [3.05, 3.63) is 71.0 Å². The van der Waals surface area contributed by atoms with Crippen LogP contribution in [0.1, 0.15) is 34.2 Å². The molecule has 2 aromatic carbocycles. The smallest absolute Gasteiger partial charge is 0.298 e. The van der Waals surface area contributed by atoms with Gasteiger partial charge < -0.3 is 14.5 Å². The van der Waals surface area contributed by atoms with E-state index < -0.39 is 0 Å². The minimum absolute atomic E-state index is 0.0496. The van der Waals surface area contributed by atoms with Gasteiger partial charge in [-0.15, -0.1) is 0 Å². The van der Waals surface area contributed by atoms with E-state index in [0.717, 1.165) is 38.5 Å². The fraction of sp³-hybridized carbons (Fsp3) is 0.348. The van der Waals surface area contributed by atoms with Crippen LogP contribution in [0.3, 0.4) is 0 Å². The molecule has 1 aliphatic heterocycles. The molecule has 1 amide bonds. The summed E-state index contributed by atoms with van der Waals surface area (Å²) in [5, 5.41) is 0.485. The summed E-state index contributed by atoms with van der Waals surface area (Å²) in [7, 11) is 0. The quantitative estimate of drug-likeness (QED) is 0.601. The van der Waals surface area contributed by atoms with Crippen LogP contribution < -0.4 is 4.74 Å². The molecule has 0 saturated carbocycles. The number of aryl methyl sites for hydroxylation is 1. The molecule has 1 aromatic heterocycles. The lowest BCUT2D eigenvalue weighted by Gasteiger charge is -2.34. The molecule has 0 spiro atoms. The molecular formula is C23H26N4O2S. The number of nitrogens with zero attached hydrogens (tertiary/aromatic N) is 4. The van der Waals surface area contributed by atoms with Crippen LogP contribution in [0, 0.1) is 6.92 Å². The van der Waals surface area contributed by atoms with Gasteiger partial charge in [0.25, 0.3) is 11.1 Å². The second-order valence-electron chi connectivity index (χ2n) is 7.50. The lowest BCUT2D eigenvalue weighted by atomic mass is 10.1. The molecule has 0 N–H and O–H groups in total. The molecule has 1 saturated heterocycles. The number of benzene rings is 2. The zero-order valence-electron chi connectivity index (χ0n) is 17.4. The van der Waals surface area contributed by atoms with Crippen molar-refractivity contribution < 1.29 is 9.53 Å². The fourth-order valence-corrected chi connectivity index (χ4v) is 4.05. The zero-order chi connectivity index (χ0) is 20.9. The van der Waals surface area contributed by atoms with Crippen LogP contribution in [0.5, 0.6) is 10.9 Å². The highest BCUT2D eigenvalue weighted by atomic mass is 32.1. The van der Waals surface area contributed by atoms with E-state index >= 15 is 0 Å².